The number of thiophene rings is 1. The van der Waals surface area contributed by atoms with E-state index >= 15 is 0 Å². The van der Waals surface area contributed by atoms with Gasteiger partial charge in [0.15, 0.2) is 5.82 Å². The van der Waals surface area contributed by atoms with E-state index in [1.165, 1.54) is 25.7 Å². The minimum atomic E-state index is 0.672. The Kier molecular flexibility index (Phi) is 7.64. The molecule has 0 N–H and O–H groups in total. The van der Waals surface area contributed by atoms with E-state index in [9.17, 15) is 0 Å². The number of furan rings is 1. The molecule has 56 heavy (non-hydrogen) atoms. The highest BCUT2D eigenvalue weighted by molar-refractivity contribution is 7.26. The van der Waals surface area contributed by atoms with Crippen LogP contribution in [0.5, 0.6) is 0 Å². The van der Waals surface area contributed by atoms with Crippen LogP contribution < -0.4 is 0 Å². The molecule has 11 aromatic rings. The van der Waals surface area contributed by atoms with Crippen molar-refractivity contribution in [2.24, 2.45) is 0 Å². The van der Waals surface area contributed by atoms with Gasteiger partial charge in [0.1, 0.15) is 11.2 Å². The van der Waals surface area contributed by atoms with Crippen LogP contribution in [0.3, 0.4) is 0 Å². The number of fused-ring (bicyclic) bond motifs is 6. The van der Waals surface area contributed by atoms with E-state index < -0.39 is 0 Å². The lowest BCUT2D eigenvalue weighted by atomic mass is 9.93. The van der Waals surface area contributed by atoms with Crippen molar-refractivity contribution in [3.05, 3.63) is 188 Å². The predicted octanol–water partition coefficient (Wildman–Crippen LogP) is 14.1. The van der Waals surface area contributed by atoms with Crippen molar-refractivity contribution in [1.82, 2.24) is 15.0 Å². The van der Waals surface area contributed by atoms with E-state index in [-0.39, 0.29) is 0 Å². The largest absolute Gasteiger partial charge is 0.455 e. The highest BCUT2D eigenvalue weighted by Gasteiger charge is 2.20. The molecule has 0 unspecified atom stereocenters. The summed E-state index contributed by atoms with van der Waals surface area (Å²) in [6.45, 7) is 0. The molecule has 4 nitrogen and oxygen atoms in total. The fourth-order valence-corrected chi connectivity index (χ4v) is 9.14. The summed E-state index contributed by atoms with van der Waals surface area (Å²) >= 11 is 1.84. The van der Waals surface area contributed by atoms with Crippen molar-refractivity contribution in [3.63, 3.8) is 0 Å². The third-order valence-electron chi connectivity index (χ3n) is 10.6. The molecule has 0 bridgehead atoms. The van der Waals surface area contributed by atoms with Gasteiger partial charge >= 0.3 is 0 Å². The minimum absolute atomic E-state index is 0.672. The Hall–Kier alpha value is -7.21. The summed E-state index contributed by atoms with van der Waals surface area (Å²) in [6.07, 6.45) is 3.69. The maximum absolute atomic E-state index is 6.74. The first kappa shape index (κ1) is 32.2. The molecule has 0 radical (unpaired) electrons. The Morgan fingerprint density at radius 3 is 1.96 bits per heavy atom. The van der Waals surface area contributed by atoms with Crippen LogP contribution in [0.15, 0.2) is 193 Å². The average Bonchev–Trinajstić information content (AvgIpc) is 3.86. The quantitative estimate of drug-likeness (QED) is 0.171. The van der Waals surface area contributed by atoms with Crippen molar-refractivity contribution in [2.75, 3.05) is 0 Å². The third-order valence-corrected chi connectivity index (χ3v) is 11.8. The van der Waals surface area contributed by atoms with Crippen LogP contribution in [-0.4, -0.2) is 15.0 Å². The van der Waals surface area contributed by atoms with Crippen molar-refractivity contribution in [3.8, 4) is 67.3 Å². The summed E-state index contributed by atoms with van der Waals surface area (Å²) < 4.78 is 9.30. The van der Waals surface area contributed by atoms with Gasteiger partial charge in [0.2, 0.25) is 0 Å². The molecule has 0 aliphatic heterocycles. The molecule has 0 fully saturated rings. The summed E-state index contributed by atoms with van der Waals surface area (Å²) in [5.41, 5.74) is 13.2. The summed E-state index contributed by atoms with van der Waals surface area (Å²) in [5, 5.41) is 4.77. The predicted molar refractivity (Wildman–Crippen MR) is 233 cm³/mol. The minimum Gasteiger partial charge on any atom is -0.455 e. The Morgan fingerprint density at radius 1 is 0.429 bits per heavy atom. The molecule has 7 aromatic carbocycles. The average molecular weight is 734 g/mol. The highest BCUT2D eigenvalue weighted by Crippen LogP contribution is 2.46. The molecule has 4 aromatic heterocycles. The van der Waals surface area contributed by atoms with Crippen LogP contribution in [0.2, 0.25) is 0 Å². The second kappa shape index (κ2) is 13.3. The topological polar surface area (TPSA) is 51.8 Å². The number of benzene rings is 7. The van der Waals surface area contributed by atoms with Gasteiger partial charge in [-0.2, -0.15) is 0 Å². The Balaban J connectivity index is 1.04. The van der Waals surface area contributed by atoms with Crippen LogP contribution in [0.25, 0.3) is 109 Å². The van der Waals surface area contributed by atoms with E-state index in [4.69, 9.17) is 14.4 Å². The summed E-state index contributed by atoms with van der Waals surface area (Å²) in [7, 11) is 0. The van der Waals surface area contributed by atoms with Crippen molar-refractivity contribution < 1.29 is 4.42 Å². The lowest BCUT2D eigenvalue weighted by molar-refractivity contribution is 0.670. The zero-order valence-electron chi connectivity index (χ0n) is 30.1. The van der Waals surface area contributed by atoms with Crippen molar-refractivity contribution >= 4 is 53.4 Å². The Labute approximate surface area is 327 Å². The maximum atomic E-state index is 6.74. The molecule has 11 rings (SSSR count). The molecule has 262 valence electrons. The summed E-state index contributed by atoms with van der Waals surface area (Å²) in [6, 6.07) is 61.6. The molecule has 5 heteroatoms. The van der Waals surface area contributed by atoms with E-state index in [2.05, 4.69) is 151 Å². The van der Waals surface area contributed by atoms with Crippen LogP contribution in [-0.2, 0) is 0 Å². The van der Waals surface area contributed by atoms with E-state index in [1.54, 1.807) is 6.20 Å². The Morgan fingerprint density at radius 2 is 1.11 bits per heavy atom. The first-order chi connectivity index (χ1) is 27.7. The molecule has 0 aliphatic rings. The van der Waals surface area contributed by atoms with Crippen LogP contribution in [0.1, 0.15) is 0 Å². The molecule has 0 atom stereocenters. The monoisotopic (exact) mass is 733 g/mol. The Bertz CT molecular complexity index is 3240. The van der Waals surface area contributed by atoms with Crippen LogP contribution in [0.4, 0.5) is 0 Å². The number of nitrogens with zero attached hydrogens (tertiary/aromatic N) is 3. The first-order valence-electron chi connectivity index (χ1n) is 18.7. The molecule has 0 saturated carbocycles. The van der Waals surface area contributed by atoms with Gasteiger partial charge in [-0.3, -0.25) is 4.98 Å². The number of para-hydroxylation sites is 1. The zero-order valence-corrected chi connectivity index (χ0v) is 30.9. The molecular weight excluding hydrogens is 703 g/mol. The van der Waals surface area contributed by atoms with Gasteiger partial charge < -0.3 is 4.42 Å². The van der Waals surface area contributed by atoms with Crippen LogP contribution in [0, 0.1) is 0 Å². The third kappa shape index (κ3) is 5.48. The van der Waals surface area contributed by atoms with Crippen molar-refractivity contribution in [1.29, 1.82) is 0 Å². The molecule has 0 saturated heterocycles. The number of hydrogen-bond acceptors (Lipinski definition) is 5. The van der Waals surface area contributed by atoms with Gasteiger partial charge in [-0.1, -0.05) is 140 Å². The molecular formula is C51H31N3OS. The molecule has 0 spiro atoms. The van der Waals surface area contributed by atoms with E-state index in [1.807, 2.05) is 47.9 Å². The van der Waals surface area contributed by atoms with Gasteiger partial charge in [0.05, 0.1) is 11.4 Å². The number of rotatable bonds is 6. The van der Waals surface area contributed by atoms with Gasteiger partial charge in [-0.15, -0.1) is 11.3 Å². The summed E-state index contributed by atoms with van der Waals surface area (Å²) in [4.78, 5) is 14.6. The zero-order chi connectivity index (χ0) is 37.0. The lowest BCUT2D eigenvalue weighted by Gasteiger charge is -2.12. The number of aromatic nitrogens is 3. The molecule has 4 heterocycles. The second-order valence-corrected chi connectivity index (χ2v) is 15.0. The fraction of sp³-hybridized carbons (Fsp3) is 0. The standard InChI is InChI=1S/C51H31N3OS/c1-2-11-33(12-3-1)44-30-45(36-14-8-13-35(29-36)37-15-10-28-52-31-37)54-51(53-44)34-24-22-32(23-25-34)38-26-27-40(49-48(38)43-17-4-6-20-46(43)55-49)42-19-9-18-41-39-16-5-7-21-47(39)56-50(41)42/h1-31H. The highest BCUT2D eigenvalue weighted by atomic mass is 32.1. The number of pyridine rings is 1. The van der Waals surface area contributed by atoms with Gasteiger partial charge in [-0.25, -0.2) is 9.97 Å². The fourth-order valence-electron chi connectivity index (χ4n) is 7.91. The molecule has 0 aliphatic carbocycles. The molecule has 0 amide bonds. The van der Waals surface area contributed by atoms with Gasteiger partial charge in [-0.05, 0) is 53.1 Å². The smallest absolute Gasteiger partial charge is 0.160 e. The lowest BCUT2D eigenvalue weighted by Crippen LogP contribution is -1.96. The maximum Gasteiger partial charge on any atom is 0.160 e. The SMILES string of the molecule is c1ccc(-c2cc(-c3cccc(-c4cccnc4)c3)nc(-c3ccc(-c4ccc(-c5cccc6c5sc5ccccc56)c5oc6ccccc6c45)cc3)n2)cc1. The van der Waals surface area contributed by atoms with Crippen molar-refractivity contribution in [2.45, 2.75) is 0 Å². The van der Waals surface area contributed by atoms with Gasteiger partial charge in [0, 0.05) is 76.7 Å². The first-order valence-corrected chi connectivity index (χ1v) is 19.5. The second-order valence-electron chi connectivity index (χ2n) is 14.0. The summed E-state index contributed by atoms with van der Waals surface area (Å²) in [5.74, 6) is 0.672. The van der Waals surface area contributed by atoms with E-state index in [0.29, 0.717) is 5.82 Å². The van der Waals surface area contributed by atoms with Crippen LogP contribution >= 0.6 is 11.3 Å². The van der Waals surface area contributed by atoms with E-state index in [0.717, 1.165) is 77.8 Å². The normalized spacial score (nSPS) is 11.6. The number of hydrogen-bond donors (Lipinski definition) is 0. The van der Waals surface area contributed by atoms with Gasteiger partial charge in [0.25, 0.3) is 0 Å².